The molecular formula is C15H13F3N4O. The predicted molar refractivity (Wildman–Crippen MR) is 78.8 cm³/mol. The van der Waals surface area contributed by atoms with Crippen molar-refractivity contribution in [2.24, 2.45) is 0 Å². The van der Waals surface area contributed by atoms with Crippen molar-refractivity contribution in [1.82, 2.24) is 9.97 Å². The third kappa shape index (κ3) is 3.77. The quantitative estimate of drug-likeness (QED) is 0.823. The molecule has 120 valence electrons. The van der Waals surface area contributed by atoms with Crippen LogP contribution < -0.4 is 10.6 Å². The number of benzene rings is 1. The summed E-state index contributed by atoms with van der Waals surface area (Å²) in [7, 11) is 0. The minimum Gasteiger partial charge on any atom is -0.367 e. The second-order valence-electron chi connectivity index (χ2n) is 5.24. The molecular weight excluding hydrogens is 309 g/mol. The lowest BCUT2D eigenvalue weighted by molar-refractivity contribution is -0.137. The zero-order valence-electron chi connectivity index (χ0n) is 11.9. The van der Waals surface area contributed by atoms with Gasteiger partial charge >= 0.3 is 6.18 Å². The molecule has 0 radical (unpaired) electrons. The van der Waals surface area contributed by atoms with E-state index in [0.717, 1.165) is 19.0 Å². The zero-order valence-corrected chi connectivity index (χ0v) is 11.9. The molecule has 0 unspecified atom stereocenters. The van der Waals surface area contributed by atoms with Crippen LogP contribution in [0.3, 0.4) is 0 Å². The van der Waals surface area contributed by atoms with Crippen molar-refractivity contribution in [2.45, 2.75) is 25.1 Å². The summed E-state index contributed by atoms with van der Waals surface area (Å²) in [6, 6.07) is 6.52. The first-order valence-corrected chi connectivity index (χ1v) is 6.99. The van der Waals surface area contributed by atoms with Gasteiger partial charge in [-0.15, -0.1) is 0 Å². The van der Waals surface area contributed by atoms with E-state index in [1.165, 1.54) is 0 Å². The van der Waals surface area contributed by atoms with Crippen LogP contribution >= 0.6 is 0 Å². The molecule has 0 atom stereocenters. The van der Waals surface area contributed by atoms with Crippen LogP contribution in [0.1, 0.15) is 28.8 Å². The monoisotopic (exact) mass is 322 g/mol. The number of carbonyl (C=O) groups is 1. The number of anilines is 3. The number of rotatable bonds is 5. The Kier molecular flexibility index (Phi) is 3.89. The molecule has 3 rings (SSSR count). The molecule has 5 nitrogen and oxygen atoms in total. The second kappa shape index (κ2) is 5.86. The normalized spacial score (nSPS) is 14.4. The van der Waals surface area contributed by atoms with Crippen molar-refractivity contribution in [3.8, 4) is 0 Å². The van der Waals surface area contributed by atoms with Gasteiger partial charge in [-0.05, 0) is 25.0 Å². The number of aldehydes is 1. The predicted octanol–water partition coefficient (Wildman–Crippen LogP) is 3.63. The van der Waals surface area contributed by atoms with E-state index in [-0.39, 0.29) is 17.8 Å². The molecule has 1 aliphatic carbocycles. The van der Waals surface area contributed by atoms with Gasteiger partial charge in [0.25, 0.3) is 0 Å². The molecule has 1 saturated carbocycles. The summed E-state index contributed by atoms with van der Waals surface area (Å²) in [6.45, 7) is 0. The number of hydrogen-bond acceptors (Lipinski definition) is 5. The average molecular weight is 322 g/mol. The third-order valence-corrected chi connectivity index (χ3v) is 3.29. The number of alkyl halides is 3. The minimum absolute atomic E-state index is 0.0252. The van der Waals surface area contributed by atoms with Crippen LogP contribution in [0.15, 0.2) is 30.5 Å². The molecule has 23 heavy (non-hydrogen) atoms. The van der Waals surface area contributed by atoms with Crippen LogP contribution in [0.5, 0.6) is 0 Å². The number of halogens is 3. The van der Waals surface area contributed by atoms with E-state index in [0.29, 0.717) is 17.5 Å². The Labute approximate surface area is 130 Å². The lowest BCUT2D eigenvalue weighted by Crippen LogP contribution is -2.15. The highest BCUT2D eigenvalue weighted by atomic mass is 19.4. The molecule has 2 N–H and O–H groups in total. The third-order valence-electron chi connectivity index (χ3n) is 3.29. The SMILES string of the molecule is O=Cc1cccc(Nc2ncc(C(F)(F)F)c(NC3CC3)n2)c1. The summed E-state index contributed by atoms with van der Waals surface area (Å²) in [4.78, 5) is 18.4. The zero-order chi connectivity index (χ0) is 16.4. The van der Waals surface area contributed by atoms with Crippen molar-refractivity contribution in [3.05, 3.63) is 41.6 Å². The summed E-state index contributed by atoms with van der Waals surface area (Å²) in [5, 5.41) is 5.58. The fourth-order valence-electron chi connectivity index (χ4n) is 2.00. The Morgan fingerprint density at radius 3 is 2.70 bits per heavy atom. The molecule has 1 fully saturated rings. The van der Waals surface area contributed by atoms with Gasteiger partial charge in [0.1, 0.15) is 17.7 Å². The van der Waals surface area contributed by atoms with Crippen molar-refractivity contribution >= 4 is 23.7 Å². The van der Waals surface area contributed by atoms with Gasteiger partial charge in [0.15, 0.2) is 0 Å². The Morgan fingerprint density at radius 1 is 1.26 bits per heavy atom. The van der Waals surface area contributed by atoms with Gasteiger partial charge in [-0.3, -0.25) is 4.79 Å². The van der Waals surface area contributed by atoms with E-state index >= 15 is 0 Å². The van der Waals surface area contributed by atoms with Crippen LogP contribution in [0.2, 0.25) is 0 Å². The Bertz CT molecular complexity index is 729. The fraction of sp³-hybridized carbons (Fsp3) is 0.267. The van der Waals surface area contributed by atoms with Gasteiger partial charge in [-0.1, -0.05) is 12.1 Å². The van der Waals surface area contributed by atoms with Gasteiger partial charge in [-0.2, -0.15) is 18.2 Å². The molecule has 1 heterocycles. The summed E-state index contributed by atoms with van der Waals surface area (Å²) >= 11 is 0. The van der Waals surface area contributed by atoms with Gasteiger partial charge < -0.3 is 10.6 Å². The maximum atomic E-state index is 13.0. The molecule has 1 aromatic heterocycles. The highest BCUT2D eigenvalue weighted by molar-refractivity contribution is 5.77. The van der Waals surface area contributed by atoms with E-state index in [1.54, 1.807) is 24.3 Å². The highest BCUT2D eigenvalue weighted by Crippen LogP contribution is 2.36. The van der Waals surface area contributed by atoms with E-state index < -0.39 is 11.7 Å². The lowest BCUT2D eigenvalue weighted by Gasteiger charge is -2.14. The van der Waals surface area contributed by atoms with Gasteiger partial charge in [0.2, 0.25) is 5.95 Å². The first-order chi connectivity index (χ1) is 11.0. The molecule has 0 aliphatic heterocycles. The summed E-state index contributed by atoms with van der Waals surface area (Å²) in [5.41, 5.74) is 0.0709. The highest BCUT2D eigenvalue weighted by Gasteiger charge is 2.36. The molecule has 0 saturated heterocycles. The number of hydrogen-bond donors (Lipinski definition) is 2. The van der Waals surface area contributed by atoms with Crippen molar-refractivity contribution in [1.29, 1.82) is 0 Å². The van der Waals surface area contributed by atoms with Crippen LogP contribution in [-0.2, 0) is 6.18 Å². The molecule has 0 spiro atoms. The maximum Gasteiger partial charge on any atom is 0.421 e. The van der Waals surface area contributed by atoms with Crippen LogP contribution in [0.25, 0.3) is 0 Å². The molecule has 8 heteroatoms. The Balaban J connectivity index is 1.88. The average Bonchev–Trinajstić information content (AvgIpc) is 3.30. The molecule has 1 aromatic carbocycles. The Hall–Kier alpha value is -2.64. The summed E-state index contributed by atoms with van der Waals surface area (Å²) < 4.78 is 39.0. The number of aromatic nitrogens is 2. The van der Waals surface area contributed by atoms with E-state index in [2.05, 4.69) is 20.6 Å². The van der Waals surface area contributed by atoms with Crippen molar-refractivity contribution < 1.29 is 18.0 Å². The molecule has 2 aromatic rings. The van der Waals surface area contributed by atoms with Crippen LogP contribution in [0, 0.1) is 0 Å². The van der Waals surface area contributed by atoms with E-state index in [4.69, 9.17) is 0 Å². The van der Waals surface area contributed by atoms with E-state index in [1.807, 2.05) is 0 Å². The van der Waals surface area contributed by atoms with Crippen molar-refractivity contribution in [2.75, 3.05) is 10.6 Å². The molecule has 0 bridgehead atoms. The topological polar surface area (TPSA) is 66.9 Å². The Morgan fingerprint density at radius 2 is 2.04 bits per heavy atom. The standard InChI is InChI=1S/C15H13F3N4O/c16-15(17,18)12-7-19-14(22-13(12)20-10-4-5-10)21-11-3-1-2-9(6-11)8-23/h1-3,6-8,10H,4-5H2,(H2,19,20,21,22). The first-order valence-electron chi connectivity index (χ1n) is 6.99. The first kappa shape index (κ1) is 15.3. The van der Waals surface area contributed by atoms with Crippen LogP contribution in [-0.4, -0.2) is 22.3 Å². The largest absolute Gasteiger partial charge is 0.421 e. The maximum absolute atomic E-state index is 13.0. The summed E-state index contributed by atoms with van der Waals surface area (Å²) in [5.74, 6) is -0.201. The number of nitrogens with one attached hydrogen (secondary N) is 2. The minimum atomic E-state index is -4.52. The smallest absolute Gasteiger partial charge is 0.367 e. The van der Waals surface area contributed by atoms with Gasteiger partial charge in [0.05, 0.1) is 0 Å². The summed E-state index contributed by atoms with van der Waals surface area (Å²) in [6.07, 6.45) is -1.44. The number of nitrogens with zero attached hydrogens (tertiary/aromatic N) is 2. The van der Waals surface area contributed by atoms with Crippen LogP contribution in [0.4, 0.5) is 30.6 Å². The second-order valence-corrected chi connectivity index (χ2v) is 5.24. The number of carbonyl (C=O) groups excluding carboxylic acids is 1. The van der Waals surface area contributed by atoms with Gasteiger partial charge in [0, 0.05) is 23.5 Å². The fourth-order valence-corrected chi connectivity index (χ4v) is 2.00. The van der Waals surface area contributed by atoms with Gasteiger partial charge in [-0.25, -0.2) is 4.98 Å². The molecule has 0 amide bonds. The van der Waals surface area contributed by atoms with E-state index in [9.17, 15) is 18.0 Å². The lowest BCUT2D eigenvalue weighted by atomic mass is 10.2. The van der Waals surface area contributed by atoms with Crippen molar-refractivity contribution in [3.63, 3.8) is 0 Å². The molecule has 1 aliphatic rings.